The van der Waals surface area contributed by atoms with Crippen molar-refractivity contribution in [1.82, 2.24) is 5.32 Å². The molecule has 4 nitrogen and oxygen atoms in total. The predicted molar refractivity (Wildman–Crippen MR) is 102 cm³/mol. The van der Waals surface area contributed by atoms with E-state index in [0.29, 0.717) is 17.9 Å². The summed E-state index contributed by atoms with van der Waals surface area (Å²) >= 11 is 0. The first-order valence-electron chi connectivity index (χ1n) is 9.16. The van der Waals surface area contributed by atoms with Crippen molar-refractivity contribution in [3.8, 4) is 0 Å². The van der Waals surface area contributed by atoms with Gasteiger partial charge in [0, 0.05) is 17.5 Å². The van der Waals surface area contributed by atoms with Gasteiger partial charge in [-0.05, 0) is 56.6 Å². The van der Waals surface area contributed by atoms with Crippen LogP contribution in [0.25, 0.3) is 11.0 Å². The molecule has 136 valence electrons. The average Bonchev–Trinajstić information content (AvgIpc) is 2.99. The summed E-state index contributed by atoms with van der Waals surface area (Å²) in [5.41, 5.74) is 7.02. The first kappa shape index (κ1) is 18.3. The first-order valence-corrected chi connectivity index (χ1v) is 9.16. The van der Waals surface area contributed by atoms with Crippen molar-refractivity contribution in [2.24, 2.45) is 17.6 Å². The zero-order valence-electron chi connectivity index (χ0n) is 14.6. The van der Waals surface area contributed by atoms with Crippen molar-refractivity contribution in [3.63, 3.8) is 0 Å². The predicted octanol–water partition coefficient (Wildman–Crippen LogP) is 3.98. The summed E-state index contributed by atoms with van der Waals surface area (Å²) in [6.45, 7) is 1.93. The van der Waals surface area contributed by atoms with Crippen LogP contribution in [0.1, 0.15) is 50.7 Å². The molecule has 0 spiro atoms. The summed E-state index contributed by atoms with van der Waals surface area (Å²) in [5, 5.41) is 4.38. The minimum Gasteiger partial charge on any atom is -0.460 e. The van der Waals surface area contributed by atoms with Crippen molar-refractivity contribution in [2.45, 2.75) is 57.0 Å². The number of halogens is 1. The van der Waals surface area contributed by atoms with Gasteiger partial charge in [0.1, 0.15) is 11.3 Å². The largest absolute Gasteiger partial charge is 0.460 e. The Morgan fingerprint density at radius 2 is 1.92 bits per heavy atom. The molecule has 0 saturated heterocycles. The Bertz CT molecular complexity index is 697. The molecule has 0 aliphatic heterocycles. The van der Waals surface area contributed by atoms with Gasteiger partial charge in [-0.25, -0.2) is 0 Å². The summed E-state index contributed by atoms with van der Waals surface area (Å²) in [7, 11) is 0. The van der Waals surface area contributed by atoms with Gasteiger partial charge in [0.05, 0.1) is 5.92 Å². The van der Waals surface area contributed by atoms with Gasteiger partial charge in [-0.2, -0.15) is 0 Å². The van der Waals surface area contributed by atoms with E-state index in [1.165, 1.54) is 19.3 Å². The van der Waals surface area contributed by atoms with Crippen molar-refractivity contribution in [2.75, 3.05) is 0 Å². The molecule has 3 N–H and O–H groups in total. The van der Waals surface area contributed by atoms with Crippen molar-refractivity contribution in [1.29, 1.82) is 0 Å². The number of amides is 1. The van der Waals surface area contributed by atoms with Crippen LogP contribution >= 0.6 is 12.4 Å². The number of para-hydroxylation sites is 1. The summed E-state index contributed by atoms with van der Waals surface area (Å²) < 4.78 is 5.87. The van der Waals surface area contributed by atoms with Crippen molar-refractivity contribution < 1.29 is 9.21 Å². The molecule has 1 amide bonds. The van der Waals surface area contributed by atoms with Gasteiger partial charge >= 0.3 is 0 Å². The first-order chi connectivity index (χ1) is 11.6. The van der Waals surface area contributed by atoms with Gasteiger partial charge in [-0.15, -0.1) is 12.4 Å². The van der Waals surface area contributed by atoms with E-state index in [1.807, 2.05) is 37.3 Å². The number of carbonyl (C=O) groups is 1. The van der Waals surface area contributed by atoms with Gasteiger partial charge in [-0.1, -0.05) is 24.6 Å². The van der Waals surface area contributed by atoms with E-state index in [2.05, 4.69) is 5.32 Å². The Kier molecular flexibility index (Phi) is 5.40. The number of furan rings is 1. The highest BCUT2D eigenvalue weighted by atomic mass is 35.5. The average molecular weight is 363 g/mol. The van der Waals surface area contributed by atoms with Gasteiger partial charge < -0.3 is 15.5 Å². The fraction of sp³-hybridized carbons (Fsp3) is 0.550. The number of carbonyl (C=O) groups excluding carboxylic acids is 1. The molecular formula is C20H27ClN2O2. The van der Waals surface area contributed by atoms with Crippen LogP contribution in [-0.2, 0) is 4.79 Å². The molecule has 2 aromatic rings. The van der Waals surface area contributed by atoms with Gasteiger partial charge in [0.2, 0.25) is 5.91 Å². The van der Waals surface area contributed by atoms with Crippen LogP contribution in [0.5, 0.6) is 0 Å². The lowest BCUT2D eigenvalue weighted by molar-refractivity contribution is -0.124. The Hall–Kier alpha value is -1.52. The van der Waals surface area contributed by atoms with Crippen LogP contribution in [-0.4, -0.2) is 18.0 Å². The number of fused-ring (bicyclic) bond motifs is 3. The standard InChI is InChI=1S/C20H26N2O2.ClH/c1-12(18-11-13-5-2-3-8-17(13)24-18)20(23)22-19-14-6-4-7-15(19)10-16(21)9-14;/h2-3,5,8,11-12,14-16,19H,4,6-7,9-10,21H2,1H3,(H,22,23);1H. The van der Waals surface area contributed by atoms with Crippen LogP contribution in [0, 0.1) is 11.8 Å². The number of nitrogens with two attached hydrogens (primary N) is 1. The van der Waals surface area contributed by atoms with Gasteiger partial charge in [0.15, 0.2) is 0 Å². The third kappa shape index (κ3) is 3.56. The summed E-state index contributed by atoms with van der Waals surface area (Å²) in [6, 6.07) is 10.5. The molecule has 4 rings (SSSR count). The molecule has 3 unspecified atom stereocenters. The number of nitrogens with one attached hydrogen (secondary N) is 1. The zero-order valence-corrected chi connectivity index (χ0v) is 15.4. The molecule has 2 fully saturated rings. The molecule has 2 aliphatic carbocycles. The van der Waals surface area contributed by atoms with Crippen LogP contribution in [0.15, 0.2) is 34.7 Å². The van der Waals surface area contributed by atoms with E-state index in [-0.39, 0.29) is 30.3 Å². The fourth-order valence-corrected chi connectivity index (χ4v) is 4.66. The monoisotopic (exact) mass is 362 g/mol. The topological polar surface area (TPSA) is 68.3 Å². The highest BCUT2D eigenvalue weighted by Crippen LogP contribution is 2.40. The number of benzene rings is 1. The van der Waals surface area contributed by atoms with E-state index in [9.17, 15) is 4.79 Å². The number of rotatable bonds is 3. The molecule has 1 aromatic carbocycles. The maximum absolute atomic E-state index is 12.8. The molecule has 25 heavy (non-hydrogen) atoms. The normalized spacial score (nSPS) is 29.7. The van der Waals surface area contributed by atoms with Gasteiger partial charge in [-0.3, -0.25) is 4.79 Å². The minimum atomic E-state index is -0.270. The maximum atomic E-state index is 12.8. The zero-order chi connectivity index (χ0) is 16.7. The van der Waals surface area contributed by atoms with Crippen LogP contribution in [0.3, 0.4) is 0 Å². The molecule has 2 aliphatic rings. The molecule has 0 radical (unpaired) electrons. The minimum absolute atomic E-state index is 0. The molecule has 1 aromatic heterocycles. The van der Waals surface area contributed by atoms with Crippen molar-refractivity contribution >= 4 is 29.3 Å². The summed E-state index contributed by atoms with van der Waals surface area (Å²) in [4.78, 5) is 12.8. The van der Waals surface area contributed by atoms with E-state index in [4.69, 9.17) is 10.2 Å². The Labute approximate surface area is 154 Å². The molecule has 2 bridgehead atoms. The molecule has 5 heteroatoms. The second kappa shape index (κ2) is 7.38. The quantitative estimate of drug-likeness (QED) is 0.867. The van der Waals surface area contributed by atoms with E-state index < -0.39 is 0 Å². The smallest absolute Gasteiger partial charge is 0.230 e. The van der Waals surface area contributed by atoms with E-state index in [0.717, 1.165) is 29.6 Å². The molecular weight excluding hydrogens is 336 g/mol. The second-order valence-corrected chi connectivity index (χ2v) is 7.63. The third-order valence-electron chi connectivity index (χ3n) is 5.95. The Balaban J connectivity index is 0.00000182. The lowest BCUT2D eigenvalue weighted by Gasteiger charge is -2.45. The Morgan fingerprint density at radius 3 is 2.60 bits per heavy atom. The highest BCUT2D eigenvalue weighted by Gasteiger charge is 2.40. The third-order valence-corrected chi connectivity index (χ3v) is 5.95. The molecule has 2 saturated carbocycles. The maximum Gasteiger partial charge on any atom is 0.230 e. The number of hydrogen-bond acceptors (Lipinski definition) is 3. The SMILES string of the molecule is CC(C(=O)NC1C2CCCC1CC(N)C2)c1cc2ccccc2o1.Cl. The van der Waals surface area contributed by atoms with Gasteiger partial charge in [0.25, 0.3) is 0 Å². The number of hydrogen-bond donors (Lipinski definition) is 2. The van der Waals surface area contributed by atoms with E-state index in [1.54, 1.807) is 0 Å². The molecule has 1 heterocycles. The lowest BCUT2D eigenvalue weighted by atomic mass is 9.67. The second-order valence-electron chi connectivity index (χ2n) is 7.63. The molecule has 3 atom stereocenters. The Morgan fingerprint density at radius 1 is 1.24 bits per heavy atom. The fourth-order valence-electron chi connectivity index (χ4n) is 4.66. The van der Waals surface area contributed by atoms with E-state index >= 15 is 0 Å². The van der Waals surface area contributed by atoms with Crippen LogP contribution in [0.4, 0.5) is 0 Å². The lowest BCUT2D eigenvalue weighted by Crippen LogP contribution is -2.54. The summed E-state index contributed by atoms with van der Waals surface area (Å²) in [5.74, 6) is 1.63. The summed E-state index contributed by atoms with van der Waals surface area (Å²) in [6.07, 6.45) is 5.73. The highest BCUT2D eigenvalue weighted by molar-refractivity contribution is 5.86. The van der Waals surface area contributed by atoms with Crippen LogP contribution in [0.2, 0.25) is 0 Å². The van der Waals surface area contributed by atoms with Crippen molar-refractivity contribution in [3.05, 3.63) is 36.1 Å². The van der Waals surface area contributed by atoms with Crippen LogP contribution < -0.4 is 11.1 Å².